The number of hydrogen-bond acceptors (Lipinski definition) is 4. The predicted octanol–water partition coefficient (Wildman–Crippen LogP) is 5.45. The van der Waals surface area contributed by atoms with Gasteiger partial charge in [0.1, 0.15) is 5.75 Å². The summed E-state index contributed by atoms with van der Waals surface area (Å²) in [5.74, 6) is 0.244. The third kappa shape index (κ3) is 8.03. The van der Waals surface area contributed by atoms with E-state index in [2.05, 4.69) is 30.9 Å². The van der Waals surface area contributed by atoms with Gasteiger partial charge in [0.05, 0.1) is 6.67 Å². The minimum absolute atomic E-state index is 0.180. The highest BCUT2D eigenvalue weighted by atomic mass is 19.1. The summed E-state index contributed by atoms with van der Waals surface area (Å²) in [5, 5.41) is 28.8. The maximum atomic E-state index is 11.7. The first kappa shape index (κ1) is 28.6. The number of aromatic hydroxyl groups is 1. The van der Waals surface area contributed by atoms with Crippen molar-refractivity contribution in [1.29, 1.82) is 0 Å². The molecule has 0 saturated carbocycles. The Morgan fingerprint density at radius 3 is 2.22 bits per heavy atom. The first-order valence-corrected chi connectivity index (χ1v) is 13.3. The van der Waals surface area contributed by atoms with Crippen molar-refractivity contribution >= 4 is 23.7 Å². The summed E-state index contributed by atoms with van der Waals surface area (Å²) in [7, 11) is -1.46. The minimum atomic E-state index is -1.46. The van der Waals surface area contributed by atoms with Gasteiger partial charge >= 0.3 is 7.12 Å². The van der Waals surface area contributed by atoms with E-state index in [0.29, 0.717) is 11.9 Å². The summed E-state index contributed by atoms with van der Waals surface area (Å²) in [6.45, 7) is 7.16. The molecule has 0 aliphatic heterocycles. The topological polar surface area (TPSA) is 63.9 Å². The van der Waals surface area contributed by atoms with E-state index in [0.717, 1.165) is 61.2 Å². The summed E-state index contributed by atoms with van der Waals surface area (Å²) in [6.07, 6.45) is 4.66. The maximum absolute atomic E-state index is 11.7. The number of fused-ring (bicyclic) bond motifs is 1. The van der Waals surface area contributed by atoms with E-state index in [-0.39, 0.29) is 12.4 Å². The summed E-state index contributed by atoms with van der Waals surface area (Å²) >= 11 is 0. The molecule has 0 atom stereocenters. The fourth-order valence-corrected chi connectivity index (χ4v) is 4.88. The smallest absolute Gasteiger partial charge is 0.488 e. The Morgan fingerprint density at radius 1 is 0.865 bits per heavy atom. The standard InChI is InChI=1S/C23H21BO3.C8H18FN/c25-20-12-9-17(10-13-20)23-21(16-5-2-1-3-6-16)8-4-7-18-15-19(24(26)27)11-14-22(18)23;1-3-7-10(4-2)8-5-6-9/h1-3,5-6,9-15,25-27H,4,7-8H2;3-8H2,1-2H3. The Kier molecular flexibility index (Phi) is 11.4. The molecular formula is C31H39BFNO3. The van der Waals surface area contributed by atoms with Crippen LogP contribution in [-0.2, 0) is 6.42 Å². The SMILES string of the molecule is CCCN(CC)CCCF.OB(O)c1ccc2c(c1)CCCC(c1ccccc1)=C2c1ccc(O)cc1. The molecular weight excluding hydrogens is 464 g/mol. The van der Waals surface area contributed by atoms with Gasteiger partial charge in [0.25, 0.3) is 0 Å². The number of allylic oxidation sites excluding steroid dienone is 1. The van der Waals surface area contributed by atoms with Gasteiger partial charge in [0.2, 0.25) is 0 Å². The lowest BCUT2D eigenvalue weighted by molar-refractivity contribution is 0.271. The number of benzene rings is 3. The first-order chi connectivity index (χ1) is 18.0. The summed E-state index contributed by atoms with van der Waals surface area (Å²) in [4.78, 5) is 2.28. The number of nitrogens with zero attached hydrogens (tertiary/aromatic N) is 1. The van der Waals surface area contributed by atoms with E-state index < -0.39 is 7.12 Å². The minimum Gasteiger partial charge on any atom is -0.508 e. The van der Waals surface area contributed by atoms with Crippen LogP contribution in [0.3, 0.4) is 0 Å². The van der Waals surface area contributed by atoms with Gasteiger partial charge in [-0.15, -0.1) is 0 Å². The van der Waals surface area contributed by atoms with E-state index in [4.69, 9.17) is 0 Å². The summed E-state index contributed by atoms with van der Waals surface area (Å²) in [5.41, 5.74) is 7.41. The lowest BCUT2D eigenvalue weighted by Crippen LogP contribution is -2.30. The number of phenolic OH excluding ortho intramolecular Hbond substituents is 1. The highest BCUT2D eigenvalue weighted by Crippen LogP contribution is 2.39. The molecule has 6 heteroatoms. The quantitative estimate of drug-likeness (QED) is 0.340. The molecule has 0 bridgehead atoms. The predicted molar refractivity (Wildman–Crippen MR) is 153 cm³/mol. The van der Waals surface area contributed by atoms with Crippen LogP contribution in [-0.4, -0.2) is 53.5 Å². The van der Waals surface area contributed by atoms with Crippen molar-refractivity contribution in [1.82, 2.24) is 4.90 Å². The van der Waals surface area contributed by atoms with Gasteiger partial charge in [-0.25, -0.2) is 0 Å². The van der Waals surface area contributed by atoms with Crippen LogP contribution in [0.1, 0.15) is 61.8 Å². The Balaban J connectivity index is 0.000000325. The van der Waals surface area contributed by atoms with Gasteiger partial charge in [-0.3, -0.25) is 4.39 Å². The van der Waals surface area contributed by atoms with Crippen molar-refractivity contribution in [3.05, 3.63) is 95.1 Å². The Bertz CT molecular complexity index is 1130. The van der Waals surface area contributed by atoms with Crippen LogP contribution in [0.15, 0.2) is 72.8 Å². The first-order valence-electron chi connectivity index (χ1n) is 13.3. The van der Waals surface area contributed by atoms with Crippen molar-refractivity contribution in [2.45, 2.75) is 46.0 Å². The molecule has 3 N–H and O–H groups in total. The molecule has 1 aliphatic carbocycles. The number of alkyl halides is 1. The highest BCUT2D eigenvalue weighted by Gasteiger charge is 2.22. The molecule has 4 rings (SSSR count). The van der Waals surface area contributed by atoms with Crippen molar-refractivity contribution in [3.63, 3.8) is 0 Å². The van der Waals surface area contributed by atoms with Crippen molar-refractivity contribution in [2.75, 3.05) is 26.3 Å². The normalized spacial score (nSPS) is 13.0. The third-order valence-corrected chi connectivity index (χ3v) is 6.74. The molecule has 0 unspecified atom stereocenters. The van der Waals surface area contributed by atoms with E-state index in [1.807, 2.05) is 42.5 Å². The van der Waals surface area contributed by atoms with Crippen LogP contribution >= 0.6 is 0 Å². The van der Waals surface area contributed by atoms with Gasteiger partial charge in [0.15, 0.2) is 0 Å². The zero-order chi connectivity index (χ0) is 26.6. The van der Waals surface area contributed by atoms with Gasteiger partial charge < -0.3 is 20.1 Å². The van der Waals surface area contributed by atoms with E-state index in [1.54, 1.807) is 18.2 Å². The molecule has 0 amide bonds. The lowest BCUT2D eigenvalue weighted by atomic mass is 9.77. The molecule has 3 aromatic carbocycles. The zero-order valence-electron chi connectivity index (χ0n) is 22.0. The monoisotopic (exact) mass is 503 g/mol. The number of rotatable bonds is 9. The molecule has 0 fully saturated rings. The van der Waals surface area contributed by atoms with Crippen LogP contribution in [0.5, 0.6) is 5.75 Å². The van der Waals surface area contributed by atoms with E-state index >= 15 is 0 Å². The van der Waals surface area contributed by atoms with Gasteiger partial charge in [-0.05, 0) is 96.2 Å². The third-order valence-electron chi connectivity index (χ3n) is 6.74. The molecule has 0 saturated heterocycles. The average molecular weight is 503 g/mol. The number of phenols is 1. The van der Waals surface area contributed by atoms with Crippen LogP contribution < -0.4 is 5.46 Å². The Morgan fingerprint density at radius 2 is 1.59 bits per heavy atom. The van der Waals surface area contributed by atoms with E-state index in [9.17, 15) is 19.5 Å². The van der Waals surface area contributed by atoms with Crippen molar-refractivity contribution in [3.8, 4) is 5.75 Å². The van der Waals surface area contributed by atoms with Crippen LogP contribution in [0.4, 0.5) is 4.39 Å². The maximum Gasteiger partial charge on any atom is 0.488 e. The van der Waals surface area contributed by atoms with Crippen LogP contribution in [0, 0.1) is 0 Å². The molecule has 0 heterocycles. The van der Waals surface area contributed by atoms with Crippen LogP contribution in [0.25, 0.3) is 11.1 Å². The fourth-order valence-electron chi connectivity index (χ4n) is 4.88. The Labute approximate surface area is 221 Å². The molecule has 0 radical (unpaired) electrons. The largest absolute Gasteiger partial charge is 0.508 e. The lowest BCUT2D eigenvalue weighted by Gasteiger charge is -2.17. The van der Waals surface area contributed by atoms with Gasteiger partial charge in [-0.1, -0.05) is 74.5 Å². The molecule has 1 aliphatic rings. The van der Waals surface area contributed by atoms with Crippen molar-refractivity contribution < 1.29 is 19.5 Å². The molecule has 4 nitrogen and oxygen atoms in total. The van der Waals surface area contributed by atoms with E-state index in [1.165, 1.54) is 17.6 Å². The average Bonchev–Trinajstić information content (AvgIpc) is 3.11. The molecule has 0 aromatic heterocycles. The second-order valence-electron chi connectivity index (χ2n) is 9.39. The highest BCUT2D eigenvalue weighted by molar-refractivity contribution is 6.58. The molecule has 37 heavy (non-hydrogen) atoms. The molecule has 0 spiro atoms. The second kappa shape index (κ2) is 14.7. The number of halogens is 1. The second-order valence-corrected chi connectivity index (χ2v) is 9.39. The van der Waals surface area contributed by atoms with Crippen molar-refractivity contribution in [2.24, 2.45) is 0 Å². The molecule has 3 aromatic rings. The summed E-state index contributed by atoms with van der Waals surface area (Å²) < 4.78 is 11.7. The number of aryl methyl sites for hydroxylation is 1. The zero-order valence-corrected chi connectivity index (χ0v) is 22.0. The van der Waals surface area contributed by atoms with Gasteiger partial charge in [-0.2, -0.15) is 0 Å². The fraction of sp³-hybridized carbons (Fsp3) is 0.355. The molecule has 196 valence electrons. The Hall–Kier alpha value is -2.93. The van der Waals surface area contributed by atoms with Gasteiger partial charge in [0, 0.05) is 6.54 Å². The number of hydrogen-bond donors (Lipinski definition) is 3. The summed E-state index contributed by atoms with van der Waals surface area (Å²) in [6, 6.07) is 23.3. The van der Waals surface area contributed by atoms with Crippen LogP contribution in [0.2, 0.25) is 0 Å².